The molecule has 0 fully saturated rings. The lowest BCUT2D eigenvalue weighted by Gasteiger charge is -2.11. The first kappa shape index (κ1) is 13.1. The molecule has 0 N–H and O–H groups in total. The van der Waals surface area contributed by atoms with Gasteiger partial charge in [-0.1, -0.05) is 18.7 Å². The van der Waals surface area contributed by atoms with Gasteiger partial charge in [0, 0.05) is 23.9 Å². The highest BCUT2D eigenvalue weighted by Gasteiger charge is 2.10. The van der Waals surface area contributed by atoms with Gasteiger partial charge in [0.05, 0.1) is 11.0 Å². The molecule has 0 spiro atoms. The zero-order valence-electron chi connectivity index (χ0n) is 11.5. The number of carbonyl (C=O) groups is 1. The number of ether oxygens (including phenoxy) is 1. The van der Waals surface area contributed by atoms with Crippen molar-refractivity contribution < 1.29 is 9.53 Å². The van der Waals surface area contributed by atoms with Gasteiger partial charge in [0.25, 0.3) is 0 Å². The second-order valence-corrected chi connectivity index (χ2v) is 4.71. The quantitative estimate of drug-likeness (QED) is 0.314. The van der Waals surface area contributed by atoms with E-state index in [1.165, 1.54) is 0 Å². The van der Waals surface area contributed by atoms with E-state index >= 15 is 0 Å². The van der Waals surface area contributed by atoms with Gasteiger partial charge < -0.3 is 9.30 Å². The number of fused-ring (bicyclic) bond motifs is 2. The predicted octanol–water partition coefficient (Wildman–Crippen LogP) is 2.78. The molecule has 4 nitrogen and oxygen atoms in total. The standard InChI is InChI=1S/C17H13NO3/c1-3-16(19)21-11-8-9-15-13(10-11)17(20)12-6-4-5-7-14(12)18(15)2/h3-10H,1H2,2H3. The molecule has 3 rings (SSSR count). The first-order valence-electron chi connectivity index (χ1n) is 6.47. The lowest BCUT2D eigenvalue weighted by Crippen LogP contribution is -2.10. The monoisotopic (exact) mass is 279 g/mol. The van der Waals surface area contributed by atoms with Gasteiger partial charge >= 0.3 is 5.97 Å². The van der Waals surface area contributed by atoms with Crippen molar-refractivity contribution in [3.05, 3.63) is 65.3 Å². The molecule has 1 aromatic heterocycles. The number of carbonyl (C=O) groups excluding carboxylic acids is 1. The Balaban J connectivity index is 2.33. The van der Waals surface area contributed by atoms with Gasteiger partial charge in [0.2, 0.25) is 0 Å². The van der Waals surface area contributed by atoms with Crippen LogP contribution in [0.4, 0.5) is 0 Å². The van der Waals surface area contributed by atoms with Crippen LogP contribution in [0.5, 0.6) is 5.75 Å². The molecule has 0 aliphatic rings. The number of hydrogen-bond acceptors (Lipinski definition) is 3. The van der Waals surface area contributed by atoms with Crippen LogP contribution in [0, 0.1) is 0 Å². The van der Waals surface area contributed by atoms with Crippen molar-refractivity contribution in [2.75, 3.05) is 0 Å². The number of benzene rings is 2. The highest BCUT2D eigenvalue weighted by atomic mass is 16.5. The summed E-state index contributed by atoms with van der Waals surface area (Å²) in [6, 6.07) is 12.4. The molecule has 1 heterocycles. The van der Waals surface area contributed by atoms with Crippen molar-refractivity contribution in [1.29, 1.82) is 0 Å². The maximum atomic E-state index is 12.6. The number of esters is 1. The van der Waals surface area contributed by atoms with Gasteiger partial charge in [-0.25, -0.2) is 4.79 Å². The molecule has 0 bridgehead atoms. The third-order valence-electron chi connectivity index (χ3n) is 3.47. The SMILES string of the molecule is C=CC(=O)Oc1ccc2c(c1)c(=O)c1ccccc1n2C. The van der Waals surface area contributed by atoms with Crippen molar-refractivity contribution in [1.82, 2.24) is 4.57 Å². The van der Waals surface area contributed by atoms with Crippen LogP contribution >= 0.6 is 0 Å². The molecule has 0 radical (unpaired) electrons. The van der Waals surface area contributed by atoms with Crippen molar-refractivity contribution >= 4 is 27.8 Å². The van der Waals surface area contributed by atoms with Crippen LogP contribution in [0.25, 0.3) is 21.8 Å². The summed E-state index contributed by atoms with van der Waals surface area (Å²) >= 11 is 0. The summed E-state index contributed by atoms with van der Waals surface area (Å²) in [5.74, 6) is -0.216. The van der Waals surface area contributed by atoms with Crippen LogP contribution in [0.1, 0.15) is 0 Å². The fourth-order valence-corrected chi connectivity index (χ4v) is 2.44. The number of nitrogens with zero attached hydrogens (tertiary/aromatic N) is 1. The Kier molecular flexibility index (Phi) is 3.06. The number of aryl methyl sites for hydroxylation is 1. The minimum atomic E-state index is -0.549. The Morgan fingerprint density at radius 1 is 1.14 bits per heavy atom. The van der Waals surface area contributed by atoms with Crippen LogP contribution in [0.3, 0.4) is 0 Å². The van der Waals surface area contributed by atoms with Gasteiger partial charge in [-0.05, 0) is 30.3 Å². The average Bonchev–Trinajstić information content (AvgIpc) is 2.52. The van der Waals surface area contributed by atoms with Crippen LogP contribution in [0.15, 0.2) is 59.9 Å². The smallest absolute Gasteiger partial charge is 0.335 e. The molecule has 0 saturated heterocycles. The number of pyridine rings is 1. The Morgan fingerprint density at radius 2 is 1.86 bits per heavy atom. The fourth-order valence-electron chi connectivity index (χ4n) is 2.44. The molecule has 3 aromatic rings. The summed E-state index contributed by atoms with van der Waals surface area (Å²) in [7, 11) is 1.90. The Morgan fingerprint density at radius 3 is 2.62 bits per heavy atom. The maximum Gasteiger partial charge on any atom is 0.335 e. The topological polar surface area (TPSA) is 48.3 Å². The average molecular weight is 279 g/mol. The van der Waals surface area contributed by atoms with E-state index in [1.807, 2.05) is 29.8 Å². The second-order valence-electron chi connectivity index (χ2n) is 4.71. The molecular formula is C17H13NO3. The van der Waals surface area contributed by atoms with Crippen molar-refractivity contribution in [2.24, 2.45) is 7.05 Å². The normalized spacial score (nSPS) is 10.7. The summed E-state index contributed by atoms with van der Waals surface area (Å²) in [6.45, 7) is 3.35. The van der Waals surface area contributed by atoms with Crippen LogP contribution < -0.4 is 10.2 Å². The van der Waals surface area contributed by atoms with Gasteiger partial charge in [0.1, 0.15) is 5.75 Å². The predicted molar refractivity (Wildman–Crippen MR) is 82.5 cm³/mol. The van der Waals surface area contributed by atoms with Crippen LogP contribution in [-0.2, 0) is 11.8 Å². The lowest BCUT2D eigenvalue weighted by atomic mass is 10.1. The van der Waals surface area contributed by atoms with E-state index in [9.17, 15) is 9.59 Å². The van der Waals surface area contributed by atoms with Gasteiger partial charge in [0.15, 0.2) is 5.43 Å². The summed E-state index contributed by atoms with van der Waals surface area (Å²) in [4.78, 5) is 23.8. The van der Waals surface area contributed by atoms with Gasteiger partial charge in [-0.2, -0.15) is 0 Å². The molecule has 21 heavy (non-hydrogen) atoms. The first-order chi connectivity index (χ1) is 10.1. The van der Waals surface area contributed by atoms with E-state index in [4.69, 9.17) is 4.74 Å². The summed E-state index contributed by atoms with van der Waals surface area (Å²) < 4.78 is 7.02. The number of para-hydroxylation sites is 1. The van der Waals surface area contributed by atoms with Crippen LogP contribution in [0.2, 0.25) is 0 Å². The largest absolute Gasteiger partial charge is 0.423 e. The Labute approximate surface area is 120 Å². The molecule has 0 unspecified atom stereocenters. The van der Waals surface area contributed by atoms with E-state index in [2.05, 4.69) is 6.58 Å². The number of rotatable bonds is 2. The zero-order valence-corrected chi connectivity index (χ0v) is 11.5. The van der Waals surface area contributed by atoms with Crippen molar-refractivity contribution in [3.63, 3.8) is 0 Å². The highest BCUT2D eigenvalue weighted by molar-refractivity contribution is 5.94. The molecule has 0 amide bonds. The van der Waals surface area contributed by atoms with Crippen molar-refractivity contribution in [3.8, 4) is 5.75 Å². The second kappa shape index (κ2) is 4.90. The molecule has 0 aliphatic carbocycles. The first-order valence-corrected chi connectivity index (χ1v) is 6.47. The van der Waals surface area contributed by atoms with Crippen molar-refractivity contribution in [2.45, 2.75) is 0 Å². The summed E-state index contributed by atoms with van der Waals surface area (Å²) in [5, 5.41) is 1.16. The Hall–Kier alpha value is -2.88. The van der Waals surface area contributed by atoms with Gasteiger partial charge in [-0.3, -0.25) is 4.79 Å². The number of aromatic nitrogens is 1. The minimum Gasteiger partial charge on any atom is -0.423 e. The summed E-state index contributed by atoms with van der Waals surface area (Å²) in [6.07, 6.45) is 1.09. The van der Waals surface area contributed by atoms with Crippen LogP contribution in [-0.4, -0.2) is 10.5 Å². The van der Waals surface area contributed by atoms with E-state index in [0.717, 1.165) is 17.1 Å². The third-order valence-corrected chi connectivity index (χ3v) is 3.47. The molecule has 0 saturated carbocycles. The summed E-state index contributed by atoms with van der Waals surface area (Å²) in [5.41, 5.74) is 1.58. The highest BCUT2D eigenvalue weighted by Crippen LogP contribution is 2.22. The minimum absolute atomic E-state index is 0.0739. The molecule has 104 valence electrons. The third kappa shape index (κ3) is 2.10. The molecule has 0 aliphatic heterocycles. The van der Waals surface area contributed by atoms with E-state index in [-0.39, 0.29) is 5.43 Å². The van der Waals surface area contributed by atoms with Gasteiger partial charge in [-0.15, -0.1) is 0 Å². The number of hydrogen-bond donors (Lipinski definition) is 0. The molecule has 0 atom stereocenters. The van der Waals surface area contributed by atoms with E-state index in [0.29, 0.717) is 16.5 Å². The molecule has 4 heteroatoms. The Bertz CT molecular complexity index is 938. The van der Waals surface area contributed by atoms with E-state index < -0.39 is 5.97 Å². The van der Waals surface area contributed by atoms with E-state index in [1.54, 1.807) is 24.3 Å². The lowest BCUT2D eigenvalue weighted by molar-refractivity contribution is -0.128. The molecular weight excluding hydrogens is 266 g/mol. The maximum absolute atomic E-state index is 12.6. The fraction of sp³-hybridized carbons (Fsp3) is 0.0588. The molecule has 2 aromatic carbocycles. The zero-order chi connectivity index (χ0) is 15.0.